The van der Waals surface area contributed by atoms with Crippen LogP contribution in [0, 0.1) is 0 Å². The SMILES string of the molecule is COc1ccc(NC(=O)COc2ccc(Cl)cc2Cl)cc1N. The van der Waals surface area contributed by atoms with Crippen molar-refractivity contribution < 1.29 is 14.3 Å². The summed E-state index contributed by atoms with van der Waals surface area (Å²) in [5, 5.41) is 3.50. The number of amides is 1. The molecule has 116 valence electrons. The molecule has 0 saturated heterocycles. The molecule has 2 aromatic rings. The van der Waals surface area contributed by atoms with Crippen molar-refractivity contribution in [1.29, 1.82) is 0 Å². The highest BCUT2D eigenvalue weighted by Crippen LogP contribution is 2.27. The maximum absolute atomic E-state index is 11.9. The fraction of sp³-hybridized carbons (Fsp3) is 0.133. The third-order valence-corrected chi connectivity index (χ3v) is 3.30. The molecule has 2 rings (SSSR count). The van der Waals surface area contributed by atoms with E-state index in [4.69, 9.17) is 38.4 Å². The normalized spacial score (nSPS) is 10.1. The number of hydrogen-bond acceptors (Lipinski definition) is 4. The number of nitrogens with two attached hydrogens (primary N) is 1. The van der Waals surface area contributed by atoms with Crippen LogP contribution in [0.4, 0.5) is 11.4 Å². The number of ether oxygens (including phenoxy) is 2. The smallest absolute Gasteiger partial charge is 0.262 e. The van der Waals surface area contributed by atoms with E-state index in [2.05, 4.69) is 5.32 Å². The van der Waals surface area contributed by atoms with Gasteiger partial charge >= 0.3 is 0 Å². The van der Waals surface area contributed by atoms with E-state index in [-0.39, 0.29) is 12.5 Å². The summed E-state index contributed by atoms with van der Waals surface area (Å²) < 4.78 is 10.4. The van der Waals surface area contributed by atoms with Crippen LogP contribution >= 0.6 is 23.2 Å². The second-order valence-electron chi connectivity index (χ2n) is 4.37. The number of nitrogens with one attached hydrogen (secondary N) is 1. The molecule has 0 saturated carbocycles. The van der Waals surface area contributed by atoms with Crippen molar-refractivity contribution in [1.82, 2.24) is 0 Å². The number of carbonyl (C=O) groups is 1. The monoisotopic (exact) mass is 340 g/mol. The van der Waals surface area contributed by atoms with Crippen molar-refractivity contribution in [3.8, 4) is 11.5 Å². The fourth-order valence-corrected chi connectivity index (χ4v) is 2.21. The highest BCUT2D eigenvalue weighted by Gasteiger charge is 2.08. The number of benzene rings is 2. The van der Waals surface area contributed by atoms with Crippen LogP contribution in [0.15, 0.2) is 36.4 Å². The maximum atomic E-state index is 11.9. The average Bonchev–Trinajstić information content (AvgIpc) is 2.46. The molecule has 0 aliphatic carbocycles. The molecule has 0 aliphatic rings. The standard InChI is InChI=1S/C15H14Cl2N2O3/c1-21-14-5-3-10(7-12(14)18)19-15(20)8-22-13-4-2-9(16)6-11(13)17/h2-7H,8,18H2,1H3,(H,19,20). The zero-order valence-electron chi connectivity index (χ0n) is 11.7. The first-order valence-electron chi connectivity index (χ1n) is 6.31. The molecule has 0 radical (unpaired) electrons. The lowest BCUT2D eigenvalue weighted by Crippen LogP contribution is -2.20. The minimum atomic E-state index is -0.337. The van der Waals surface area contributed by atoms with Gasteiger partial charge in [-0.05, 0) is 36.4 Å². The summed E-state index contributed by atoms with van der Waals surface area (Å²) in [6.45, 7) is -0.187. The Labute approximate surface area is 137 Å². The first kappa shape index (κ1) is 16.3. The van der Waals surface area contributed by atoms with Gasteiger partial charge in [0.15, 0.2) is 6.61 Å². The topological polar surface area (TPSA) is 73.6 Å². The molecule has 5 nitrogen and oxygen atoms in total. The Bertz CT molecular complexity index is 692. The molecule has 2 aromatic carbocycles. The Kier molecular flexibility index (Phi) is 5.35. The lowest BCUT2D eigenvalue weighted by Gasteiger charge is -2.10. The molecule has 3 N–H and O–H groups in total. The van der Waals surface area contributed by atoms with Crippen molar-refractivity contribution in [3.05, 3.63) is 46.4 Å². The Hall–Kier alpha value is -2.11. The number of rotatable bonds is 5. The van der Waals surface area contributed by atoms with Gasteiger partial charge in [-0.1, -0.05) is 23.2 Å². The molecular weight excluding hydrogens is 327 g/mol. The van der Waals surface area contributed by atoms with Crippen molar-refractivity contribution in [2.75, 3.05) is 24.8 Å². The summed E-state index contributed by atoms with van der Waals surface area (Å²) in [5.41, 5.74) is 6.75. The minimum absolute atomic E-state index is 0.187. The van der Waals surface area contributed by atoms with Crippen LogP contribution in [0.5, 0.6) is 11.5 Å². The number of anilines is 2. The van der Waals surface area contributed by atoms with E-state index in [0.717, 1.165) is 0 Å². The third-order valence-electron chi connectivity index (χ3n) is 2.77. The Balaban J connectivity index is 1.94. The van der Waals surface area contributed by atoms with Gasteiger partial charge in [-0.25, -0.2) is 0 Å². The van der Waals surface area contributed by atoms with Crippen LogP contribution in [0.2, 0.25) is 10.0 Å². The van der Waals surface area contributed by atoms with Crippen molar-refractivity contribution in [2.24, 2.45) is 0 Å². The summed E-state index contributed by atoms with van der Waals surface area (Å²) in [7, 11) is 1.52. The average molecular weight is 341 g/mol. The van der Waals surface area contributed by atoms with Crippen LogP contribution < -0.4 is 20.5 Å². The molecule has 0 aromatic heterocycles. The summed E-state index contributed by atoms with van der Waals surface area (Å²) in [6.07, 6.45) is 0. The third kappa shape index (κ3) is 4.19. The van der Waals surface area contributed by atoms with E-state index in [1.807, 2.05) is 0 Å². The van der Waals surface area contributed by atoms with Crippen molar-refractivity contribution in [2.45, 2.75) is 0 Å². The van der Waals surface area contributed by atoms with Gasteiger partial charge in [-0.2, -0.15) is 0 Å². The van der Waals surface area contributed by atoms with Gasteiger partial charge in [0.1, 0.15) is 11.5 Å². The zero-order chi connectivity index (χ0) is 16.1. The number of carbonyl (C=O) groups excluding carboxylic acids is 1. The number of hydrogen-bond donors (Lipinski definition) is 2. The van der Waals surface area contributed by atoms with Gasteiger partial charge in [0.05, 0.1) is 17.8 Å². The molecule has 0 spiro atoms. The second-order valence-corrected chi connectivity index (χ2v) is 5.21. The predicted molar refractivity (Wildman–Crippen MR) is 88.0 cm³/mol. The van der Waals surface area contributed by atoms with E-state index in [1.54, 1.807) is 36.4 Å². The van der Waals surface area contributed by atoms with E-state index in [9.17, 15) is 4.79 Å². The Morgan fingerprint density at radius 1 is 1.18 bits per heavy atom. The number of methoxy groups -OCH3 is 1. The maximum Gasteiger partial charge on any atom is 0.262 e. The highest BCUT2D eigenvalue weighted by atomic mass is 35.5. The van der Waals surface area contributed by atoms with Crippen LogP contribution in [0.25, 0.3) is 0 Å². The summed E-state index contributed by atoms with van der Waals surface area (Å²) in [6, 6.07) is 9.73. The van der Waals surface area contributed by atoms with Gasteiger partial charge < -0.3 is 20.5 Å². The van der Waals surface area contributed by atoms with Gasteiger partial charge in [0, 0.05) is 10.7 Å². The molecule has 0 bridgehead atoms. The number of halogens is 2. The molecule has 7 heteroatoms. The first-order chi connectivity index (χ1) is 10.5. The van der Waals surface area contributed by atoms with Crippen molar-refractivity contribution >= 4 is 40.5 Å². The molecule has 0 fully saturated rings. The van der Waals surface area contributed by atoms with Gasteiger partial charge in [0.25, 0.3) is 5.91 Å². The molecule has 0 unspecified atom stereocenters. The van der Waals surface area contributed by atoms with Crippen LogP contribution in [-0.4, -0.2) is 19.6 Å². The quantitative estimate of drug-likeness (QED) is 0.815. The molecule has 0 aliphatic heterocycles. The fourth-order valence-electron chi connectivity index (χ4n) is 1.74. The molecular formula is C15H14Cl2N2O3. The van der Waals surface area contributed by atoms with Gasteiger partial charge in [-0.3, -0.25) is 4.79 Å². The zero-order valence-corrected chi connectivity index (χ0v) is 13.2. The van der Waals surface area contributed by atoms with Gasteiger partial charge in [-0.15, -0.1) is 0 Å². The number of nitrogen functional groups attached to an aromatic ring is 1. The molecule has 22 heavy (non-hydrogen) atoms. The lowest BCUT2D eigenvalue weighted by molar-refractivity contribution is -0.118. The first-order valence-corrected chi connectivity index (χ1v) is 7.06. The van der Waals surface area contributed by atoms with Gasteiger partial charge in [0.2, 0.25) is 0 Å². The van der Waals surface area contributed by atoms with E-state index in [1.165, 1.54) is 7.11 Å². The van der Waals surface area contributed by atoms with E-state index in [0.29, 0.717) is 32.9 Å². The largest absolute Gasteiger partial charge is 0.495 e. The van der Waals surface area contributed by atoms with E-state index >= 15 is 0 Å². The molecule has 1 amide bonds. The minimum Gasteiger partial charge on any atom is -0.495 e. The summed E-state index contributed by atoms with van der Waals surface area (Å²) in [4.78, 5) is 11.9. The highest BCUT2D eigenvalue weighted by molar-refractivity contribution is 6.35. The summed E-state index contributed by atoms with van der Waals surface area (Å²) >= 11 is 11.7. The van der Waals surface area contributed by atoms with Crippen LogP contribution in [-0.2, 0) is 4.79 Å². The molecule has 0 atom stereocenters. The van der Waals surface area contributed by atoms with Crippen LogP contribution in [0.1, 0.15) is 0 Å². The van der Waals surface area contributed by atoms with Crippen molar-refractivity contribution in [3.63, 3.8) is 0 Å². The molecule has 0 heterocycles. The second kappa shape index (κ2) is 7.24. The predicted octanol–water partition coefficient (Wildman–Crippen LogP) is 3.60. The van der Waals surface area contributed by atoms with E-state index < -0.39 is 0 Å². The Morgan fingerprint density at radius 3 is 2.55 bits per heavy atom. The van der Waals surface area contributed by atoms with Crippen LogP contribution in [0.3, 0.4) is 0 Å². The lowest BCUT2D eigenvalue weighted by atomic mass is 10.2. The summed E-state index contributed by atoms with van der Waals surface area (Å²) in [5.74, 6) is 0.591. The Morgan fingerprint density at radius 2 is 1.91 bits per heavy atom.